The van der Waals surface area contributed by atoms with E-state index in [1.165, 1.54) is 12.7 Å². The second-order valence-corrected chi connectivity index (χ2v) is 31.5. The summed E-state index contributed by atoms with van der Waals surface area (Å²) >= 11 is 0. The van der Waals surface area contributed by atoms with E-state index in [9.17, 15) is 14.4 Å². The molecule has 0 rings (SSSR count). The minimum atomic E-state index is -2.00. The van der Waals surface area contributed by atoms with Crippen molar-refractivity contribution in [3.63, 3.8) is 0 Å². The number of hydrogen-bond acceptors (Lipinski definition) is 9. The van der Waals surface area contributed by atoms with E-state index >= 15 is 0 Å². The molecule has 0 heterocycles. The molecule has 57 heavy (non-hydrogen) atoms. The van der Waals surface area contributed by atoms with Gasteiger partial charge in [-0.1, -0.05) is 96.9 Å². The zero-order valence-electron chi connectivity index (χ0n) is 39.3. The van der Waals surface area contributed by atoms with E-state index in [-0.39, 0.29) is 43.0 Å². The summed E-state index contributed by atoms with van der Waals surface area (Å²) < 4.78 is 36.1. The van der Waals surface area contributed by atoms with Crippen LogP contribution in [0.25, 0.3) is 0 Å². The number of esters is 1. The fourth-order valence-corrected chi connectivity index (χ4v) is 13.7. The Hall–Kier alpha value is -2.10. The van der Waals surface area contributed by atoms with Crippen LogP contribution < -0.4 is 0 Å². The zero-order chi connectivity index (χ0) is 44.0. The average Bonchev–Trinajstić information content (AvgIpc) is 3.14. The third-order valence-electron chi connectivity index (χ3n) is 11.1. The van der Waals surface area contributed by atoms with Crippen LogP contribution in [0.2, 0.25) is 55.9 Å². The summed E-state index contributed by atoms with van der Waals surface area (Å²) in [5.74, 6) is -1.02. The van der Waals surface area contributed by atoms with E-state index in [4.69, 9.17) is 22.8 Å². The molecule has 0 aromatic rings. The highest BCUT2D eigenvalue weighted by Gasteiger charge is 2.38. The quantitative estimate of drug-likeness (QED) is 0.0250. The summed E-state index contributed by atoms with van der Waals surface area (Å²) in [5, 5.41) is 0. The number of rotatable bonds is 28. The predicted molar refractivity (Wildman–Crippen MR) is 244 cm³/mol. The van der Waals surface area contributed by atoms with Crippen LogP contribution in [0.3, 0.4) is 0 Å². The van der Waals surface area contributed by atoms with Gasteiger partial charge in [0.2, 0.25) is 0 Å². The van der Waals surface area contributed by atoms with Crippen LogP contribution in [0, 0.1) is 11.8 Å². The zero-order valence-corrected chi connectivity index (χ0v) is 42.3. The fourth-order valence-electron chi connectivity index (χ4n) is 6.76. The first-order chi connectivity index (χ1) is 26.5. The summed E-state index contributed by atoms with van der Waals surface area (Å²) in [6.07, 6.45) is 13.5. The van der Waals surface area contributed by atoms with Gasteiger partial charge in [-0.25, -0.2) is 4.79 Å². The molecule has 0 N–H and O–H groups in total. The molecule has 0 amide bonds. The van der Waals surface area contributed by atoms with Gasteiger partial charge in [-0.05, 0) is 116 Å². The summed E-state index contributed by atoms with van der Waals surface area (Å²) in [4.78, 5) is 37.2. The standard InChI is InChI=1S/C45H84O9Si3/c1-18-56(19-2,20-3)53-40(28-25-33-50-44(48)49-14)38(10)42(54-57(21-4,22-5)23-6)32-30-36(8)27-24-26-35(7)29-31-41(52-55(15,16)17)37(9)39(46)34-43(47)51-45(11,12)13/h25-28,30,32,37-38,40-42H,18-24,29,31,33-34H2,1-17H3/b28-25+,32-30+,35-26+,36-27+/t37-,38+,40?,41-,42+/m1/s1. The van der Waals surface area contributed by atoms with Gasteiger partial charge >= 0.3 is 12.1 Å². The van der Waals surface area contributed by atoms with Crippen LogP contribution in [-0.2, 0) is 37.1 Å². The lowest BCUT2D eigenvalue weighted by Crippen LogP contribution is -2.47. The van der Waals surface area contributed by atoms with Gasteiger partial charge in [0, 0.05) is 11.8 Å². The Morgan fingerprint density at radius 3 is 1.70 bits per heavy atom. The average molecular weight is 853 g/mol. The number of carbonyl (C=O) groups is 3. The summed E-state index contributed by atoms with van der Waals surface area (Å²) in [6.45, 7) is 33.8. The Morgan fingerprint density at radius 2 is 1.25 bits per heavy atom. The molecule has 0 radical (unpaired) electrons. The highest BCUT2D eigenvalue weighted by molar-refractivity contribution is 6.74. The number of ketones is 1. The largest absolute Gasteiger partial charge is 0.508 e. The number of allylic oxidation sites excluding steroid dienone is 5. The molecule has 5 atom stereocenters. The highest BCUT2D eigenvalue weighted by atomic mass is 28.4. The van der Waals surface area contributed by atoms with Crippen molar-refractivity contribution in [1.82, 2.24) is 0 Å². The van der Waals surface area contributed by atoms with Gasteiger partial charge in [0.05, 0.1) is 25.4 Å². The van der Waals surface area contributed by atoms with Crippen molar-refractivity contribution in [2.24, 2.45) is 11.8 Å². The lowest BCUT2D eigenvalue weighted by Gasteiger charge is -2.40. The third-order valence-corrected chi connectivity index (χ3v) is 21.3. The van der Waals surface area contributed by atoms with Crippen LogP contribution in [-0.4, -0.2) is 80.5 Å². The molecular weight excluding hydrogens is 769 g/mol. The minimum absolute atomic E-state index is 0.0170. The molecule has 0 fully saturated rings. The van der Waals surface area contributed by atoms with Crippen molar-refractivity contribution in [2.45, 2.75) is 196 Å². The molecule has 0 aliphatic rings. The summed E-state index contributed by atoms with van der Waals surface area (Å²) in [6, 6.07) is 6.22. The SMILES string of the molecule is CC[Si](CC)(CC)OC(/C=C/COC(=O)OC)[C@H](C)[C@H](/C=C/C(C)=C/C/C=C(\C)CC[C@@H](O[Si](C)(C)C)[C@H](C)C(=O)CC(=O)OC(C)(C)C)O[Si](CC)(CC)CC. The van der Waals surface area contributed by atoms with Crippen molar-refractivity contribution >= 4 is 42.9 Å². The maximum absolute atomic E-state index is 13.1. The molecule has 330 valence electrons. The van der Waals surface area contributed by atoms with Crippen molar-refractivity contribution in [3.8, 4) is 0 Å². The molecule has 0 aromatic heterocycles. The van der Waals surface area contributed by atoms with Gasteiger partial charge in [-0.3, -0.25) is 9.59 Å². The molecule has 0 saturated heterocycles. The van der Waals surface area contributed by atoms with E-state index in [0.29, 0.717) is 6.42 Å². The highest BCUT2D eigenvalue weighted by Crippen LogP contribution is 2.32. The molecule has 9 nitrogen and oxygen atoms in total. The first kappa shape index (κ1) is 54.9. The normalized spacial score (nSPS) is 16.4. The Kier molecular flexibility index (Phi) is 25.9. The molecule has 0 aliphatic heterocycles. The molecule has 1 unspecified atom stereocenters. The minimum Gasteiger partial charge on any atom is -0.460 e. The van der Waals surface area contributed by atoms with Crippen molar-refractivity contribution in [2.75, 3.05) is 13.7 Å². The Balaban J connectivity index is 6.27. The predicted octanol–water partition coefficient (Wildman–Crippen LogP) is 12.5. The van der Waals surface area contributed by atoms with Gasteiger partial charge < -0.3 is 27.5 Å². The van der Waals surface area contributed by atoms with Crippen molar-refractivity contribution < 1.29 is 41.9 Å². The van der Waals surface area contributed by atoms with Crippen LogP contribution >= 0.6 is 0 Å². The third kappa shape index (κ3) is 22.2. The molecule has 0 bridgehead atoms. The van der Waals surface area contributed by atoms with Crippen LogP contribution in [0.1, 0.15) is 116 Å². The molecular formula is C45H84O9Si3. The number of Topliss-reactive ketones (excluding diaryl/α,β-unsaturated/α-hetero) is 1. The monoisotopic (exact) mass is 853 g/mol. The second kappa shape index (κ2) is 26.9. The number of ether oxygens (including phenoxy) is 3. The van der Waals surface area contributed by atoms with Crippen LogP contribution in [0.4, 0.5) is 4.79 Å². The van der Waals surface area contributed by atoms with E-state index in [0.717, 1.165) is 54.7 Å². The lowest BCUT2D eigenvalue weighted by atomic mass is 9.93. The molecule has 0 spiro atoms. The lowest BCUT2D eigenvalue weighted by molar-refractivity contribution is -0.157. The number of hydrogen-bond donors (Lipinski definition) is 0. The topological polar surface area (TPSA) is 107 Å². The number of carbonyl (C=O) groups excluding carboxylic acids is 3. The Morgan fingerprint density at radius 1 is 0.737 bits per heavy atom. The van der Waals surface area contributed by atoms with Crippen molar-refractivity contribution in [1.29, 1.82) is 0 Å². The van der Waals surface area contributed by atoms with Crippen LogP contribution in [0.5, 0.6) is 0 Å². The molecule has 0 aromatic carbocycles. The Labute approximate surface area is 352 Å². The van der Waals surface area contributed by atoms with Gasteiger partial charge in [0.1, 0.15) is 24.4 Å². The molecule has 0 saturated carbocycles. The molecule has 12 heteroatoms. The van der Waals surface area contributed by atoms with E-state index in [1.807, 2.05) is 13.0 Å². The van der Waals surface area contributed by atoms with E-state index < -0.39 is 48.6 Å². The first-order valence-electron chi connectivity index (χ1n) is 21.6. The van der Waals surface area contributed by atoms with Gasteiger partial charge in [0.15, 0.2) is 25.0 Å². The van der Waals surface area contributed by atoms with Crippen LogP contribution in [0.15, 0.2) is 47.6 Å². The Bertz CT molecular complexity index is 1300. The van der Waals surface area contributed by atoms with E-state index in [2.05, 4.69) is 117 Å². The van der Waals surface area contributed by atoms with Crippen molar-refractivity contribution in [3.05, 3.63) is 47.6 Å². The maximum atomic E-state index is 13.1. The maximum Gasteiger partial charge on any atom is 0.508 e. The second-order valence-electron chi connectivity index (χ2n) is 17.6. The number of methoxy groups -OCH3 is 1. The first-order valence-corrected chi connectivity index (χ1v) is 30.1. The molecule has 0 aliphatic carbocycles. The summed E-state index contributed by atoms with van der Waals surface area (Å²) in [7, 11) is -4.64. The summed E-state index contributed by atoms with van der Waals surface area (Å²) in [5.41, 5.74) is 1.75. The smallest absolute Gasteiger partial charge is 0.460 e. The van der Waals surface area contributed by atoms with Gasteiger partial charge in [-0.15, -0.1) is 0 Å². The van der Waals surface area contributed by atoms with Gasteiger partial charge in [0.25, 0.3) is 0 Å². The fraction of sp³-hybridized carbons (Fsp3) is 0.756. The van der Waals surface area contributed by atoms with Gasteiger partial charge in [-0.2, -0.15) is 0 Å². The van der Waals surface area contributed by atoms with E-state index in [1.54, 1.807) is 20.8 Å².